The zero-order chi connectivity index (χ0) is 10.8. The lowest BCUT2D eigenvalue weighted by molar-refractivity contribution is -0.141. The van der Waals surface area contributed by atoms with E-state index in [0.29, 0.717) is 18.5 Å². The van der Waals surface area contributed by atoms with Crippen LogP contribution in [0, 0.1) is 0 Å². The van der Waals surface area contributed by atoms with Gasteiger partial charge in [0.25, 0.3) is 0 Å². The van der Waals surface area contributed by atoms with E-state index in [1.807, 2.05) is 0 Å². The summed E-state index contributed by atoms with van der Waals surface area (Å²) in [5.74, 6) is 0. The highest BCUT2D eigenvalue weighted by molar-refractivity contribution is 5.11. The Bertz CT molecular complexity index is 290. The minimum absolute atomic E-state index is 0.0207. The number of halogens is 3. The molecule has 1 atom stereocenters. The van der Waals surface area contributed by atoms with Crippen molar-refractivity contribution in [2.75, 3.05) is 0 Å². The summed E-state index contributed by atoms with van der Waals surface area (Å²) in [4.78, 5) is 0. The monoisotopic (exact) mass is 207 g/mol. The number of alkyl halides is 3. The van der Waals surface area contributed by atoms with Gasteiger partial charge < -0.3 is 5.73 Å². The predicted octanol–water partition coefficient (Wildman–Crippen LogP) is 1.71. The van der Waals surface area contributed by atoms with Crippen LogP contribution >= 0.6 is 0 Å². The molecule has 0 aliphatic rings. The van der Waals surface area contributed by atoms with E-state index in [2.05, 4.69) is 10.2 Å². The van der Waals surface area contributed by atoms with Crippen LogP contribution in [0.25, 0.3) is 0 Å². The number of H-pyrrole nitrogens is 1. The van der Waals surface area contributed by atoms with Gasteiger partial charge in [-0.05, 0) is 25.8 Å². The smallest absolute Gasteiger partial charge is 0.328 e. The molecule has 1 aromatic heterocycles. The highest BCUT2D eigenvalue weighted by Gasteiger charge is 2.33. The van der Waals surface area contributed by atoms with E-state index >= 15 is 0 Å². The molecule has 14 heavy (non-hydrogen) atoms. The standard InChI is InChI=1S/C8H12F3N3/c1-5(12)2-3-6-4-7(14-13-6)8(9,10)11/h4-5H,2-3,12H2,1H3,(H,13,14). The van der Waals surface area contributed by atoms with Crippen LogP contribution in [0.4, 0.5) is 13.2 Å². The zero-order valence-corrected chi connectivity index (χ0v) is 7.73. The third kappa shape index (κ3) is 3.02. The van der Waals surface area contributed by atoms with Crippen molar-refractivity contribution in [3.63, 3.8) is 0 Å². The van der Waals surface area contributed by atoms with Gasteiger partial charge in [0.2, 0.25) is 0 Å². The molecule has 3 nitrogen and oxygen atoms in total. The fourth-order valence-corrected chi connectivity index (χ4v) is 1.02. The molecule has 80 valence electrons. The third-order valence-corrected chi connectivity index (χ3v) is 1.79. The van der Waals surface area contributed by atoms with Crippen molar-refractivity contribution >= 4 is 0 Å². The number of hydrogen-bond donors (Lipinski definition) is 2. The second kappa shape index (κ2) is 4.00. The first kappa shape index (κ1) is 11.0. The van der Waals surface area contributed by atoms with Gasteiger partial charge in [-0.15, -0.1) is 0 Å². The molecule has 3 N–H and O–H groups in total. The molecule has 0 radical (unpaired) electrons. The molecule has 0 saturated carbocycles. The molecule has 0 spiro atoms. The average Bonchev–Trinajstić information content (AvgIpc) is 2.47. The molecule has 1 heterocycles. The molecule has 1 aromatic rings. The lowest BCUT2D eigenvalue weighted by Crippen LogP contribution is -2.15. The van der Waals surface area contributed by atoms with Crippen LogP contribution in [-0.4, -0.2) is 16.2 Å². The third-order valence-electron chi connectivity index (χ3n) is 1.79. The van der Waals surface area contributed by atoms with Gasteiger partial charge in [0.15, 0.2) is 5.69 Å². The Balaban J connectivity index is 2.60. The minimum atomic E-state index is -4.37. The van der Waals surface area contributed by atoms with Crippen LogP contribution in [0.5, 0.6) is 0 Å². The van der Waals surface area contributed by atoms with Crippen LogP contribution in [0.2, 0.25) is 0 Å². The van der Waals surface area contributed by atoms with Gasteiger partial charge in [0.05, 0.1) is 0 Å². The maximum absolute atomic E-state index is 12.1. The Labute approximate surface area is 79.5 Å². The summed E-state index contributed by atoms with van der Waals surface area (Å²) >= 11 is 0. The van der Waals surface area contributed by atoms with Crippen LogP contribution < -0.4 is 5.73 Å². The Hall–Kier alpha value is -1.04. The number of nitrogens with zero attached hydrogens (tertiary/aromatic N) is 1. The zero-order valence-electron chi connectivity index (χ0n) is 7.73. The highest BCUT2D eigenvalue weighted by Crippen LogP contribution is 2.27. The normalized spacial score (nSPS) is 14.4. The van der Waals surface area contributed by atoms with Gasteiger partial charge in [-0.1, -0.05) is 0 Å². The van der Waals surface area contributed by atoms with E-state index in [0.717, 1.165) is 6.07 Å². The number of nitrogens with two attached hydrogens (primary N) is 1. The van der Waals surface area contributed by atoms with Crippen molar-refractivity contribution in [2.45, 2.75) is 32.0 Å². The molecular weight excluding hydrogens is 195 g/mol. The summed E-state index contributed by atoms with van der Waals surface area (Å²) in [7, 11) is 0. The second-order valence-electron chi connectivity index (χ2n) is 3.29. The van der Waals surface area contributed by atoms with Gasteiger partial charge in [-0.25, -0.2) is 0 Å². The molecule has 0 aromatic carbocycles. The van der Waals surface area contributed by atoms with Crippen molar-refractivity contribution in [3.05, 3.63) is 17.5 Å². The lowest BCUT2D eigenvalue weighted by Gasteiger charge is -2.01. The van der Waals surface area contributed by atoms with E-state index < -0.39 is 11.9 Å². The molecule has 0 fully saturated rings. The molecule has 1 unspecified atom stereocenters. The largest absolute Gasteiger partial charge is 0.435 e. The van der Waals surface area contributed by atoms with Crippen molar-refractivity contribution < 1.29 is 13.2 Å². The van der Waals surface area contributed by atoms with Crippen LogP contribution in [0.15, 0.2) is 6.07 Å². The molecule has 0 aliphatic carbocycles. The molecule has 0 aliphatic heterocycles. The summed E-state index contributed by atoms with van der Waals surface area (Å²) in [6.07, 6.45) is -3.25. The van der Waals surface area contributed by atoms with Gasteiger partial charge in [0, 0.05) is 11.7 Å². The van der Waals surface area contributed by atoms with Crippen molar-refractivity contribution in [1.82, 2.24) is 10.2 Å². The van der Waals surface area contributed by atoms with E-state index in [1.165, 1.54) is 0 Å². The Morgan fingerprint density at radius 1 is 1.57 bits per heavy atom. The van der Waals surface area contributed by atoms with Gasteiger partial charge in [-0.3, -0.25) is 5.10 Å². The molecule has 0 amide bonds. The highest BCUT2D eigenvalue weighted by atomic mass is 19.4. The quantitative estimate of drug-likeness (QED) is 0.792. The van der Waals surface area contributed by atoms with Crippen LogP contribution in [0.3, 0.4) is 0 Å². The second-order valence-corrected chi connectivity index (χ2v) is 3.29. The van der Waals surface area contributed by atoms with Crippen molar-refractivity contribution in [1.29, 1.82) is 0 Å². The fraction of sp³-hybridized carbons (Fsp3) is 0.625. The molecule has 0 saturated heterocycles. The van der Waals surface area contributed by atoms with Crippen LogP contribution in [0.1, 0.15) is 24.7 Å². The maximum Gasteiger partial charge on any atom is 0.435 e. The SMILES string of the molecule is CC(N)CCc1cc(C(F)(F)F)n[nH]1. The fourth-order valence-electron chi connectivity index (χ4n) is 1.02. The first-order valence-electron chi connectivity index (χ1n) is 4.26. The first-order chi connectivity index (χ1) is 6.39. The van der Waals surface area contributed by atoms with Gasteiger partial charge in [0.1, 0.15) is 0 Å². The molecular formula is C8H12F3N3. The van der Waals surface area contributed by atoms with E-state index in [4.69, 9.17) is 5.73 Å². The number of aromatic amines is 1. The first-order valence-corrected chi connectivity index (χ1v) is 4.26. The number of nitrogens with one attached hydrogen (secondary N) is 1. The number of aryl methyl sites for hydroxylation is 1. The summed E-state index contributed by atoms with van der Waals surface area (Å²) < 4.78 is 36.3. The molecule has 0 bridgehead atoms. The summed E-state index contributed by atoms with van der Waals surface area (Å²) in [6, 6.07) is 0.996. The van der Waals surface area contributed by atoms with E-state index in [1.54, 1.807) is 6.92 Å². The lowest BCUT2D eigenvalue weighted by atomic mass is 10.1. The average molecular weight is 207 g/mol. The van der Waals surface area contributed by atoms with Gasteiger partial charge in [-0.2, -0.15) is 18.3 Å². The predicted molar refractivity (Wildman–Crippen MR) is 45.6 cm³/mol. The Morgan fingerprint density at radius 3 is 2.64 bits per heavy atom. The summed E-state index contributed by atoms with van der Waals surface area (Å²) in [5, 5.41) is 5.52. The Kier molecular flexibility index (Phi) is 3.15. The number of hydrogen-bond acceptors (Lipinski definition) is 2. The molecule has 1 rings (SSSR count). The van der Waals surface area contributed by atoms with Crippen molar-refractivity contribution in [3.8, 4) is 0 Å². The van der Waals surface area contributed by atoms with Gasteiger partial charge >= 0.3 is 6.18 Å². The maximum atomic E-state index is 12.1. The topological polar surface area (TPSA) is 54.7 Å². The van der Waals surface area contributed by atoms with Crippen LogP contribution in [-0.2, 0) is 12.6 Å². The Morgan fingerprint density at radius 2 is 2.21 bits per heavy atom. The van der Waals surface area contributed by atoms with Crippen molar-refractivity contribution in [2.24, 2.45) is 5.73 Å². The summed E-state index contributed by atoms with van der Waals surface area (Å²) in [6.45, 7) is 1.81. The number of aromatic nitrogens is 2. The van der Waals surface area contributed by atoms with E-state index in [-0.39, 0.29) is 6.04 Å². The minimum Gasteiger partial charge on any atom is -0.328 e. The molecule has 6 heteroatoms. The van der Waals surface area contributed by atoms with E-state index in [9.17, 15) is 13.2 Å². The number of rotatable bonds is 3. The summed E-state index contributed by atoms with van der Waals surface area (Å²) in [5.41, 5.74) is 5.07.